The largest absolute Gasteiger partial charge is 0.507 e. The number of amides is 4. The number of hydrazone groups is 1. The maximum atomic E-state index is 13.1. The lowest BCUT2D eigenvalue weighted by Gasteiger charge is -2.24. The molecule has 1 fully saturated rings. The zero-order valence-electron chi connectivity index (χ0n) is 15.8. The molecule has 4 amide bonds. The summed E-state index contributed by atoms with van der Waals surface area (Å²) in [6.07, 6.45) is 0.729. The van der Waals surface area contributed by atoms with Gasteiger partial charge in [0.2, 0.25) is 11.8 Å². The molecule has 0 atom stereocenters. The molecule has 0 saturated carbocycles. The van der Waals surface area contributed by atoms with Crippen molar-refractivity contribution in [1.82, 2.24) is 15.2 Å². The standard InChI is InChI=1S/C21H14N4O5S/c26-15-9-5-4-8-13(15)19(29)25-20(30)14(18(23-25)12-6-2-1-3-7-12)11-24-17(28)10-16(27)22-21(24)31/h1-9,11,26H,10H2,(H,22,27,31). The second kappa shape index (κ2) is 7.92. The van der Waals surface area contributed by atoms with E-state index in [9.17, 15) is 24.3 Å². The minimum Gasteiger partial charge on any atom is -0.507 e. The number of carbonyl (C=O) groups excluding carboxylic acids is 4. The van der Waals surface area contributed by atoms with Gasteiger partial charge >= 0.3 is 0 Å². The molecule has 4 rings (SSSR count). The Morgan fingerprint density at radius 1 is 1.06 bits per heavy atom. The number of phenolic OH excluding ortho intramolecular Hbond substituents is 1. The normalized spacial score (nSPS) is 17.8. The van der Waals surface area contributed by atoms with Crippen molar-refractivity contribution in [3.05, 3.63) is 77.5 Å². The minimum atomic E-state index is -0.833. The van der Waals surface area contributed by atoms with E-state index < -0.39 is 30.0 Å². The fraction of sp³-hybridized carbons (Fsp3) is 0.0476. The van der Waals surface area contributed by atoms with E-state index in [4.69, 9.17) is 12.2 Å². The molecular formula is C21H14N4O5S. The summed E-state index contributed by atoms with van der Waals surface area (Å²) in [6.45, 7) is 0. The number of para-hydroxylation sites is 1. The number of thiocarbonyl (C=S) groups is 1. The van der Waals surface area contributed by atoms with Gasteiger partial charge in [-0.1, -0.05) is 42.5 Å². The Morgan fingerprint density at radius 2 is 1.74 bits per heavy atom. The van der Waals surface area contributed by atoms with Crippen LogP contribution in [0.1, 0.15) is 22.3 Å². The molecule has 10 heteroatoms. The number of hydrogen-bond acceptors (Lipinski definition) is 7. The summed E-state index contributed by atoms with van der Waals surface area (Å²) < 4.78 is 0. The highest BCUT2D eigenvalue weighted by Crippen LogP contribution is 2.26. The number of nitrogens with one attached hydrogen (secondary N) is 1. The fourth-order valence-electron chi connectivity index (χ4n) is 3.07. The van der Waals surface area contributed by atoms with E-state index in [1.54, 1.807) is 42.5 Å². The average Bonchev–Trinajstić information content (AvgIpc) is 3.07. The first-order valence-electron chi connectivity index (χ1n) is 9.05. The second-order valence-corrected chi connectivity index (χ2v) is 6.98. The predicted molar refractivity (Wildman–Crippen MR) is 113 cm³/mol. The van der Waals surface area contributed by atoms with Crippen molar-refractivity contribution in [2.75, 3.05) is 0 Å². The quantitative estimate of drug-likeness (QED) is 0.325. The van der Waals surface area contributed by atoms with E-state index in [-0.39, 0.29) is 27.7 Å². The van der Waals surface area contributed by atoms with E-state index in [2.05, 4.69) is 10.4 Å². The molecular weight excluding hydrogens is 420 g/mol. The summed E-state index contributed by atoms with van der Waals surface area (Å²) in [5.41, 5.74) is 0.489. The van der Waals surface area contributed by atoms with Gasteiger partial charge < -0.3 is 10.4 Å². The lowest BCUT2D eigenvalue weighted by Crippen LogP contribution is -2.50. The molecule has 0 unspecified atom stereocenters. The Morgan fingerprint density at radius 3 is 2.42 bits per heavy atom. The Balaban J connectivity index is 1.78. The highest BCUT2D eigenvalue weighted by molar-refractivity contribution is 7.80. The molecule has 2 N–H and O–H groups in total. The zero-order chi connectivity index (χ0) is 22.1. The number of rotatable bonds is 3. The van der Waals surface area contributed by atoms with Gasteiger partial charge in [0.15, 0.2) is 5.11 Å². The highest BCUT2D eigenvalue weighted by Gasteiger charge is 2.38. The van der Waals surface area contributed by atoms with Gasteiger partial charge in [-0.3, -0.25) is 24.1 Å². The maximum Gasteiger partial charge on any atom is 0.285 e. The summed E-state index contributed by atoms with van der Waals surface area (Å²) in [5.74, 6) is -3.10. The van der Waals surface area contributed by atoms with Crippen molar-refractivity contribution < 1.29 is 24.3 Å². The SMILES string of the molecule is O=C1CC(=O)N(C=C2C(=O)N(C(=O)c3ccccc3O)N=C2c2ccccc2)C(=S)N1. The maximum absolute atomic E-state index is 13.1. The molecule has 2 aromatic carbocycles. The summed E-state index contributed by atoms with van der Waals surface area (Å²) in [4.78, 5) is 50.8. The van der Waals surface area contributed by atoms with Crippen molar-refractivity contribution in [1.29, 1.82) is 0 Å². The number of phenols is 1. The van der Waals surface area contributed by atoms with E-state index >= 15 is 0 Å². The first-order chi connectivity index (χ1) is 14.9. The van der Waals surface area contributed by atoms with E-state index in [0.717, 1.165) is 11.1 Å². The molecule has 2 aromatic rings. The summed E-state index contributed by atoms with van der Waals surface area (Å²) in [6, 6.07) is 14.4. The van der Waals surface area contributed by atoms with Crippen LogP contribution < -0.4 is 5.32 Å². The first-order valence-corrected chi connectivity index (χ1v) is 9.46. The molecule has 0 bridgehead atoms. The number of nitrogens with zero attached hydrogens (tertiary/aromatic N) is 3. The Kier molecular flexibility index (Phi) is 5.14. The van der Waals surface area contributed by atoms with Crippen LogP contribution in [-0.4, -0.2) is 49.5 Å². The monoisotopic (exact) mass is 434 g/mol. The predicted octanol–water partition coefficient (Wildman–Crippen LogP) is 1.30. The van der Waals surface area contributed by atoms with Crippen LogP contribution in [0.25, 0.3) is 0 Å². The smallest absolute Gasteiger partial charge is 0.285 e. The Bertz CT molecular complexity index is 1190. The Labute approximate surface area is 181 Å². The summed E-state index contributed by atoms with van der Waals surface area (Å²) >= 11 is 5.05. The van der Waals surface area contributed by atoms with Crippen LogP contribution in [0.4, 0.5) is 0 Å². The van der Waals surface area contributed by atoms with E-state index in [0.29, 0.717) is 10.6 Å². The molecule has 31 heavy (non-hydrogen) atoms. The molecule has 154 valence electrons. The third kappa shape index (κ3) is 3.71. The molecule has 0 radical (unpaired) electrons. The summed E-state index contributed by atoms with van der Waals surface area (Å²) in [5, 5.41) is 17.0. The highest BCUT2D eigenvalue weighted by atomic mass is 32.1. The lowest BCUT2D eigenvalue weighted by molar-refractivity contribution is -0.133. The second-order valence-electron chi connectivity index (χ2n) is 6.59. The van der Waals surface area contributed by atoms with Crippen molar-refractivity contribution in [2.24, 2.45) is 5.10 Å². The van der Waals surface area contributed by atoms with Crippen molar-refractivity contribution >= 4 is 46.7 Å². The van der Waals surface area contributed by atoms with E-state index in [1.807, 2.05) is 0 Å². The van der Waals surface area contributed by atoms with Crippen LogP contribution in [0.15, 0.2) is 71.5 Å². The third-order valence-electron chi connectivity index (χ3n) is 4.56. The fourth-order valence-corrected chi connectivity index (χ4v) is 3.33. The van der Waals surface area contributed by atoms with Gasteiger partial charge in [-0.05, 0) is 24.4 Å². The van der Waals surface area contributed by atoms with Gasteiger partial charge in [-0.25, -0.2) is 0 Å². The number of aromatic hydroxyl groups is 1. The average molecular weight is 434 g/mol. The van der Waals surface area contributed by atoms with Gasteiger partial charge in [0, 0.05) is 11.8 Å². The number of carbonyl (C=O) groups is 4. The van der Waals surface area contributed by atoms with Gasteiger partial charge in [0.25, 0.3) is 11.8 Å². The molecule has 2 aliphatic heterocycles. The number of hydrogen-bond donors (Lipinski definition) is 2. The van der Waals surface area contributed by atoms with Gasteiger partial charge in [0.05, 0.1) is 11.1 Å². The lowest BCUT2D eigenvalue weighted by atomic mass is 10.0. The molecule has 0 aliphatic carbocycles. The van der Waals surface area contributed by atoms with Gasteiger partial charge in [0.1, 0.15) is 17.9 Å². The van der Waals surface area contributed by atoms with Crippen LogP contribution in [0, 0.1) is 0 Å². The van der Waals surface area contributed by atoms with Gasteiger partial charge in [-0.2, -0.15) is 10.1 Å². The molecule has 0 spiro atoms. The van der Waals surface area contributed by atoms with Crippen LogP contribution in [-0.2, 0) is 14.4 Å². The van der Waals surface area contributed by atoms with Gasteiger partial charge in [-0.15, -0.1) is 0 Å². The van der Waals surface area contributed by atoms with Crippen molar-refractivity contribution in [3.63, 3.8) is 0 Å². The zero-order valence-corrected chi connectivity index (χ0v) is 16.6. The number of benzene rings is 2. The number of imide groups is 1. The third-order valence-corrected chi connectivity index (χ3v) is 4.85. The van der Waals surface area contributed by atoms with Crippen LogP contribution in [0.2, 0.25) is 0 Å². The van der Waals surface area contributed by atoms with E-state index in [1.165, 1.54) is 12.1 Å². The first kappa shape index (κ1) is 20.1. The molecule has 1 saturated heterocycles. The summed E-state index contributed by atoms with van der Waals surface area (Å²) in [7, 11) is 0. The molecule has 9 nitrogen and oxygen atoms in total. The molecule has 2 heterocycles. The molecule has 0 aromatic heterocycles. The Hall–Kier alpha value is -4.18. The van der Waals surface area contributed by atoms with Crippen LogP contribution >= 0.6 is 12.2 Å². The van der Waals surface area contributed by atoms with Crippen molar-refractivity contribution in [3.8, 4) is 5.75 Å². The van der Waals surface area contributed by atoms with Crippen LogP contribution in [0.5, 0.6) is 5.75 Å². The topological polar surface area (TPSA) is 119 Å². The molecule has 2 aliphatic rings. The van der Waals surface area contributed by atoms with Crippen molar-refractivity contribution in [2.45, 2.75) is 6.42 Å². The van der Waals surface area contributed by atoms with Crippen LogP contribution in [0.3, 0.4) is 0 Å². The minimum absolute atomic E-state index is 0.0678.